The maximum absolute atomic E-state index is 6.04. The van der Waals surface area contributed by atoms with E-state index in [0.717, 1.165) is 26.5 Å². The summed E-state index contributed by atoms with van der Waals surface area (Å²) in [6, 6.07) is 11.4. The van der Waals surface area contributed by atoms with Crippen LogP contribution < -0.4 is 10.5 Å². The van der Waals surface area contributed by atoms with Gasteiger partial charge in [-0.15, -0.1) is 11.3 Å². The van der Waals surface area contributed by atoms with Crippen molar-refractivity contribution in [2.45, 2.75) is 0 Å². The molecule has 0 amide bonds. The number of hydrogen-bond acceptors (Lipinski definition) is 4. The van der Waals surface area contributed by atoms with E-state index in [1.54, 1.807) is 24.5 Å². The number of rotatable bonds is 2. The van der Waals surface area contributed by atoms with Crippen molar-refractivity contribution in [1.82, 2.24) is 4.98 Å². The zero-order valence-electron chi connectivity index (χ0n) is 10.2. The van der Waals surface area contributed by atoms with Gasteiger partial charge in [-0.2, -0.15) is 0 Å². The summed E-state index contributed by atoms with van der Waals surface area (Å²) >= 11 is 7.66. The second kappa shape index (κ2) is 4.72. The Morgan fingerprint density at radius 1 is 1.21 bits per heavy atom. The van der Waals surface area contributed by atoms with Gasteiger partial charge in [0.1, 0.15) is 10.8 Å². The molecule has 2 N–H and O–H groups in total. The molecule has 3 aromatic rings. The summed E-state index contributed by atoms with van der Waals surface area (Å²) in [4.78, 5) is 4.60. The zero-order chi connectivity index (χ0) is 13.4. The lowest BCUT2D eigenvalue weighted by atomic mass is 10.2. The summed E-state index contributed by atoms with van der Waals surface area (Å²) in [5, 5.41) is 1.47. The highest BCUT2D eigenvalue weighted by Crippen LogP contribution is 2.34. The van der Waals surface area contributed by atoms with E-state index in [9.17, 15) is 0 Å². The molecule has 0 aliphatic rings. The van der Waals surface area contributed by atoms with Crippen molar-refractivity contribution in [2.75, 3.05) is 12.8 Å². The summed E-state index contributed by atoms with van der Waals surface area (Å²) in [5.41, 5.74) is 8.19. The van der Waals surface area contributed by atoms with E-state index >= 15 is 0 Å². The number of aromatic nitrogens is 1. The van der Waals surface area contributed by atoms with Crippen molar-refractivity contribution in [3.05, 3.63) is 41.4 Å². The lowest BCUT2D eigenvalue weighted by Gasteiger charge is -1.99. The lowest BCUT2D eigenvalue weighted by Crippen LogP contribution is -1.86. The highest BCUT2D eigenvalue weighted by atomic mass is 35.5. The van der Waals surface area contributed by atoms with Crippen molar-refractivity contribution >= 4 is 38.8 Å². The minimum Gasteiger partial charge on any atom is -0.497 e. The number of thiazole rings is 1. The molecule has 1 heterocycles. The van der Waals surface area contributed by atoms with E-state index in [2.05, 4.69) is 4.98 Å². The second-order valence-electron chi connectivity index (χ2n) is 4.09. The largest absolute Gasteiger partial charge is 0.497 e. The molecule has 0 atom stereocenters. The third kappa shape index (κ3) is 2.25. The average molecular weight is 291 g/mol. The number of anilines is 1. The Labute approximate surface area is 119 Å². The molecule has 0 aliphatic carbocycles. The fraction of sp³-hybridized carbons (Fsp3) is 0.0714. The van der Waals surface area contributed by atoms with Gasteiger partial charge in [-0.25, -0.2) is 4.98 Å². The summed E-state index contributed by atoms with van der Waals surface area (Å²) in [6.45, 7) is 0. The van der Waals surface area contributed by atoms with Crippen LogP contribution in [0.5, 0.6) is 5.75 Å². The Hall–Kier alpha value is -1.78. The molecule has 0 saturated carbocycles. The first-order valence-corrected chi connectivity index (χ1v) is 6.87. The van der Waals surface area contributed by atoms with Crippen molar-refractivity contribution < 1.29 is 4.74 Å². The molecule has 0 fully saturated rings. The van der Waals surface area contributed by atoms with E-state index in [-0.39, 0.29) is 0 Å². The molecule has 0 saturated heterocycles. The van der Waals surface area contributed by atoms with Gasteiger partial charge >= 0.3 is 0 Å². The second-order valence-corrected chi connectivity index (χ2v) is 5.53. The van der Waals surface area contributed by atoms with Crippen LogP contribution in [0.15, 0.2) is 36.4 Å². The Bertz CT molecular complexity index is 754. The van der Waals surface area contributed by atoms with Crippen LogP contribution in [0, 0.1) is 0 Å². The molecule has 19 heavy (non-hydrogen) atoms. The van der Waals surface area contributed by atoms with E-state index in [4.69, 9.17) is 22.1 Å². The normalized spacial score (nSPS) is 10.8. The summed E-state index contributed by atoms with van der Waals surface area (Å²) < 4.78 is 6.31. The number of halogens is 1. The molecule has 96 valence electrons. The molecular formula is C14H11ClN2OS. The smallest absolute Gasteiger partial charge is 0.124 e. The molecule has 0 radical (unpaired) electrons. The van der Waals surface area contributed by atoms with Gasteiger partial charge in [-0.3, -0.25) is 0 Å². The first-order chi connectivity index (χ1) is 9.17. The molecule has 0 bridgehead atoms. The van der Waals surface area contributed by atoms with Crippen LogP contribution in [0.25, 0.3) is 20.8 Å². The average Bonchev–Trinajstić information content (AvgIpc) is 2.84. The first-order valence-electron chi connectivity index (χ1n) is 5.67. The van der Waals surface area contributed by atoms with Crippen molar-refractivity contribution in [3.8, 4) is 16.3 Å². The van der Waals surface area contributed by atoms with Crippen LogP contribution in [0.4, 0.5) is 5.69 Å². The van der Waals surface area contributed by atoms with Gasteiger partial charge in [0.05, 0.1) is 28.0 Å². The number of methoxy groups -OCH3 is 1. The molecule has 2 aromatic carbocycles. The number of benzene rings is 2. The number of nitrogens with two attached hydrogens (primary N) is 1. The standard InChI is InChI=1S/C14H11ClN2OS/c1-18-9-3-5-13-12(7-9)17-14(19-13)8-2-4-11(16)10(15)6-8/h2-7H,16H2,1H3. The van der Waals surface area contributed by atoms with Crippen molar-refractivity contribution in [1.29, 1.82) is 0 Å². The zero-order valence-corrected chi connectivity index (χ0v) is 11.8. The summed E-state index contributed by atoms with van der Waals surface area (Å²) in [5.74, 6) is 0.805. The molecule has 1 aromatic heterocycles. The third-order valence-corrected chi connectivity index (χ3v) is 4.25. The van der Waals surface area contributed by atoms with Gasteiger partial charge in [0.2, 0.25) is 0 Å². The predicted molar refractivity (Wildman–Crippen MR) is 81.0 cm³/mol. The van der Waals surface area contributed by atoms with Gasteiger partial charge in [-0.05, 0) is 30.3 Å². The molecular weight excluding hydrogens is 280 g/mol. The van der Waals surface area contributed by atoms with Crippen LogP contribution >= 0.6 is 22.9 Å². The topological polar surface area (TPSA) is 48.1 Å². The SMILES string of the molecule is COc1ccc2sc(-c3ccc(N)c(Cl)c3)nc2c1. The third-order valence-electron chi connectivity index (χ3n) is 2.84. The molecule has 3 nitrogen and oxygen atoms in total. The van der Waals surface area contributed by atoms with Crippen LogP contribution in [0.3, 0.4) is 0 Å². The Morgan fingerprint density at radius 2 is 2.05 bits per heavy atom. The van der Waals surface area contributed by atoms with Crippen molar-refractivity contribution in [2.24, 2.45) is 0 Å². The van der Waals surface area contributed by atoms with Crippen LogP contribution in [-0.2, 0) is 0 Å². The number of hydrogen-bond donors (Lipinski definition) is 1. The first kappa shape index (κ1) is 12.3. The number of nitrogen functional groups attached to an aromatic ring is 1. The molecule has 0 spiro atoms. The van der Waals surface area contributed by atoms with E-state index in [1.807, 2.05) is 30.3 Å². The Balaban J connectivity index is 2.11. The fourth-order valence-electron chi connectivity index (χ4n) is 1.82. The van der Waals surface area contributed by atoms with E-state index in [0.29, 0.717) is 10.7 Å². The highest BCUT2D eigenvalue weighted by Gasteiger charge is 2.08. The maximum atomic E-state index is 6.04. The highest BCUT2D eigenvalue weighted by molar-refractivity contribution is 7.21. The molecule has 0 unspecified atom stereocenters. The minimum atomic E-state index is 0.550. The summed E-state index contributed by atoms with van der Waals surface area (Å²) in [7, 11) is 1.65. The number of ether oxygens (including phenoxy) is 1. The lowest BCUT2D eigenvalue weighted by molar-refractivity contribution is 0.415. The molecule has 0 aliphatic heterocycles. The molecule has 5 heteroatoms. The van der Waals surface area contributed by atoms with Crippen molar-refractivity contribution in [3.63, 3.8) is 0 Å². The van der Waals surface area contributed by atoms with Crippen LogP contribution in [0.1, 0.15) is 0 Å². The quantitative estimate of drug-likeness (QED) is 0.719. The Kier molecular flexibility index (Phi) is 3.05. The van der Waals surface area contributed by atoms with Gasteiger partial charge < -0.3 is 10.5 Å². The monoisotopic (exact) mass is 290 g/mol. The van der Waals surface area contributed by atoms with Gasteiger partial charge in [0.25, 0.3) is 0 Å². The number of nitrogens with zero attached hydrogens (tertiary/aromatic N) is 1. The summed E-state index contributed by atoms with van der Waals surface area (Å²) in [6.07, 6.45) is 0. The van der Waals surface area contributed by atoms with Gasteiger partial charge in [-0.1, -0.05) is 11.6 Å². The van der Waals surface area contributed by atoms with Gasteiger partial charge in [0.15, 0.2) is 0 Å². The maximum Gasteiger partial charge on any atom is 0.124 e. The molecule has 3 rings (SSSR count). The minimum absolute atomic E-state index is 0.550. The van der Waals surface area contributed by atoms with E-state index < -0.39 is 0 Å². The van der Waals surface area contributed by atoms with Crippen LogP contribution in [-0.4, -0.2) is 12.1 Å². The Morgan fingerprint density at radius 3 is 2.79 bits per heavy atom. The number of fused-ring (bicyclic) bond motifs is 1. The predicted octanol–water partition coefficient (Wildman–Crippen LogP) is 4.21. The van der Waals surface area contributed by atoms with Crippen LogP contribution in [0.2, 0.25) is 5.02 Å². The van der Waals surface area contributed by atoms with E-state index in [1.165, 1.54) is 0 Å². The fourth-order valence-corrected chi connectivity index (χ4v) is 2.94. The van der Waals surface area contributed by atoms with Gasteiger partial charge in [0, 0.05) is 11.6 Å².